The number of benzene rings is 1. The average molecular weight is 577 g/mol. The molecular weight excluding hydrogens is 541 g/mol. The summed E-state index contributed by atoms with van der Waals surface area (Å²) >= 11 is 0. The second-order valence-electron chi connectivity index (χ2n) is 11.2. The van der Waals surface area contributed by atoms with Crippen LogP contribution < -0.4 is 9.64 Å². The summed E-state index contributed by atoms with van der Waals surface area (Å²) in [6.45, 7) is 9.13. The normalized spacial score (nSPS) is 14.9. The van der Waals surface area contributed by atoms with Crippen LogP contribution in [-0.2, 0) is 17.6 Å². The Bertz CT molecular complexity index is 1280. The van der Waals surface area contributed by atoms with Crippen LogP contribution >= 0.6 is 0 Å². The Balaban J connectivity index is 1.35. The number of carboxylic acid groups (broad SMARTS) is 1. The van der Waals surface area contributed by atoms with Gasteiger partial charge in [0, 0.05) is 37.7 Å². The van der Waals surface area contributed by atoms with E-state index in [0.717, 1.165) is 44.0 Å². The first-order valence-corrected chi connectivity index (χ1v) is 17.0. The van der Waals surface area contributed by atoms with Gasteiger partial charge in [-0.15, -0.1) is 14.1 Å². The van der Waals surface area contributed by atoms with Gasteiger partial charge < -0.3 is 24.0 Å². The first kappa shape index (κ1) is 29.6. The quantitative estimate of drug-likeness (QED) is 0.213. The van der Waals surface area contributed by atoms with Gasteiger partial charge in [0.15, 0.2) is 5.69 Å². The SMILES string of the molecule is C[Si-](C)(C)CCOCn1cc(C(F)(F)F)nc1-c1ccc(N2CCC(COc3cccc(C(=O)O)c3)CC2)nc1. The van der Waals surface area contributed by atoms with Crippen molar-refractivity contribution < 1.29 is 32.5 Å². The van der Waals surface area contributed by atoms with E-state index < -0.39 is 25.9 Å². The summed E-state index contributed by atoms with van der Waals surface area (Å²) in [5.41, 5.74) is -0.284. The molecule has 1 aliphatic heterocycles. The van der Waals surface area contributed by atoms with Crippen LogP contribution in [0, 0.1) is 5.92 Å². The van der Waals surface area contributed by atoms with Crippen LogP contribution in [0.25, 0.3) is 11.4 Å². The van der Waals surface area contributed by atoms with Gasteiger partial charge in [0.05, 0.1) is 12.2 Å². The minimum Gasteiger partial charge on any atom is -0.493 e. The third kappa shape index (κ3) is 8.07. The van der Waals surface area contributed by atoms with Crippen molar-refractivity contribution in [3.05, 3.63) is 60.0 Å². The number of halogens is 3. The molecular formula is C28H35F3N4O4Si-. The Labute approximate surface area is 232 Å². The van der Waals surface area contributed by atoms with Gasteiger partial charge in [0.2, 0.25) is 0 Å². The number of aromatic carboxylic acids is 1. The molecule has 40 heavy (non-hydrogen) atoms. The summed E-state index contributed by atoms with van der Waals surface area (Å²) in [6, 6.07) is 10.9. The summed E-state index contributed by atoms with van der Waals surface area (Å²) in [5.74, 6) is 0.777. The first-order valence-electron chi connectivity index (χ1n) is 13.3. The van der Waals surface area contributed by atoms with Crippen molar-refractivity contribution in [3.63, 3.8) is 0 Å². The molecule has 0 spiro atoms. The standard InChI is InChI=1S/C28H35F3N4O4Si/c1-40(2,3)14-13-38-19-35-17-24(28(29,30)31)33-26(35)22-7-8-25(32-16-22)34-11-9-20(10-12-34)18-39-23-6-4-5-21(15-23)27(36)37/h4-8,15-17,20H,9-14,18-19H2,1-3H3,(H,36,37)/q-1. The van der Waals surface area contributed by atoms with E-state index in [4.69, 9.17) is 14.6 Å². The molecule has 217 valence electrons. The number of hydrogen-bond donors (Lipinski definition) is 1. The fourth-order valence-corrected chi connectivity index (χ4v) is 5.15. The van der Waals surface area contributed by atoms with Crippen LogP contribution in [0.15, 0.2) is 48.8 Å². The van der Waals surface area contributed by atoms with Crippen molar-refractivity contribution in [2.45, 2.75) is 51.4 Å². The largest absolute Gasteiger partial charge is 0.493 e. The fourth-order valence-electron chi connectivity index (χ4n) is 4.39. The summed E-state index contributed by atoms with van der Waals surface area (Å²) in [4.78, 5) is 21.7. The molecule has 1 aromatic carbocycles. The number of alkyl halides is 3. The van der Waals surface area contributed by atoms with Crippen molar-refractivity contribution in [1.29, 1.82) is 0 Å². The number of carbonyl (C=O) groups is 1. The second-order valence-corrected chi connectivity index (χ2v) is 16.9. The molecule has 0 aliphatic carbocycles. The lowest BCUT2D eigenvalue weighted by atomic mass is 9.98. The van der Waals surface area contributed by atoms with Gasteiger partial charge in [0.25, 0.3) is 0 Å². The van der Waals surface area contributed by atoms with E-state index in [1.54, 1.807) is 24.4 Å². The lowest BCUT2D eigenvalue weighted by molar-refractivity contribution is -0.141. The maximum absolute atomic E-state index is 13.4. The highest BCUT2D eigenvalue weighted by Crippen LogP contribution is 2.32. The Morgan fingerprint density at radius 2 is 1.90 bits per heavy atom. The van der Waals surface area contributed by atoms with Gasteiger partial charge in [-0.05, 0) is 49.1 Å². The van der Waals surface area contributed by atoms with Crippen LogP contribution in [0.3, 0.4) is 0 Å². The monoisotopic (exact) mass is 576 g/mol. The molecule has 3 heterocycles. The van der Waals surface area contributed by atoms with Crippen molar-refractivity contribution >= 4 is 19.9 Å². The van der Waals surface area contributed by atoms with E-state index in [2.05, 4.69) is 34.5 Å². The lowest BCUT2D eigenvalue weighted by Gasteiger charge is -2.32. The third-order valence-electron chi connectivity index (χ3n) is 6.81. The molecule has 1 N–H and O–H groups in total. The Hall–Kier alpha value is -3.38. The molecule has 12 heteroatoms. The molecule has 0 amide bonds. The van der Waals surface area contributed by atoms with Crippen LogP contribution in [0.4, 0.5) is 19.0 Å². The van der Waals surface area contributed by atoms with Crippen molar-refractivity contribution in [1.82, 2.24) is 14.5 Å². The van der Waals surface area contributed by atoms with E-state index in [0.29, 0.717) is 30.4 Å². The predicted octanol–water partition coefficient (Wildman–Crippen LogP) is 6.27. The van der Waals surface area contributed by atoms with Crippen LogP contribution in [0.1, 0.15) is 28.9 Å². The highest BCUT2D eigenvalue weighted by atomic mass is 28.3. The average Bonchev–Trinajstić information content (AvgIpc) is 3.35. The van der Waals surface area contributed by atoms with Gasteiger partial charge in [-0.1, -0.05) is 6.07 Å². The number of ether oxygens (including phenoxy) is 2. The number of carboxylic acids is 1. The highest BCUT2D eigenvalue weighted by Gasteiger charge is 2.35. The number of nitrogens with zero attached hydrogens (tertiary/aromatic N) is 4. The van der Waals surface area contributed by atoms with Crippen molar-refractivity contribution in [3.8, 4) is 17.1 Å². The molecule has 0 radical (unpaired) electrons. The van der Waals surface area contributed by atoms with Crippen molar-refractivity contribution in [2.24, 2.45) is 5.92 Å². The van der Waals surface area contributed by atoms with Crippen molar-refractivity contribution in [2.75, 3.05) is 31.2 Å². The second kappa shape index (κ2) is 12.4. The van der Waals surface area contributed by atoms with E-state index in [9.17, 15) is 18.0 Å². The first-order chi connectivity index (χ1) is 18.9. The van der Waals surface area contributed by atoms with Gasteiger partial charge in [-0.25, -0.2) is 14.8 Å². The third-order valence-corrected chi connectivity index (χ3v) is 8.51. The topological polar surface area (TPSA) is 89.7 Å². The molecule has 0 unspecified atom stereocenters. The Morgan fingerprint density at radius 1 is 1.15 bits per heavy atom. The number of hydrogen-bond acceptors (Lipinski definition) is 6. The molecule has 4 rings (SSSR count). The summed E-state index contributed by atoms with van der Waals surface area (Å²) in [5, 5.41) is 9.14. The Morgan fingerprint density at radius 3 is 2.52 bits per heavy atom. The predicted molar refractivity (Wildman–Crippen MR) is 148 cm³/mol. The number of aromatic nitrogens is 3. The zero-order valence-electron chi connectivity index (χ0n) is 22.9. The maximum atomic E-state index is 13.4. The summed E-state index contributed by atoms with van der Waals surface area (Å²) in [7, 11) is -1.32. The van der Waals surface area contributed by atoms with Gasteiger partial charge in [-0.2, -0.15) is 32.8 Å². The lowest BCUT2D eigenvalue weighted by Crippen LogP contribution is -2.36. The fraction of sp³-hybridized carbons (Fsp3) is 0.464. The minimum absolute atomic E-state index is 0.0131. The van der Waals surface area contributed by atoms with E-state index in [1.165, 1.54) is 16.7 Å². The van der Waals surface area contributed by atoms with Crippen LogP contribution in [0.2, 0.25) is 25.7 Å². The molecule has 0 saturated carbocycles. The Kier molecular flexibility index (Phi) is 9.19. The van der Waals surface area contributed by atoms with Gasteiger partial charge in [-0.3, -0.25) is 0 Å². The van der Waals surface area contributed by atoms with Gasteiger partial charge in [0.1, 0.15) is 24.1 Å². The number of anilines is 1. The zero-order chi connectivity index (χ0) is 28.9. The molecule has 8 nitrogen and oxygen atoms in total. The van der Waals surface area contributed by atoms with E-state index in [-0.39, 0.29) is 18.1 Å². The zero-order valence-corrected chi connectivity index (χ0v) is 23.9. The maximum Gasteiger partial charge on any atom is 0.434 e. The number of piperidine rings is 1. The molecule has 3 aromatic rings. The number of rotatable bonds is 11. The van der Waals surface area contributed by atoms with E-state index in [1.807, 2.05) is 6.07 Å². The molecule has 1 saturated heterocycles. The summed E-state index contributed by atoms with van der Waals surface area (Å²) in [6.07, 6.45) is -0.269. The minimum atomic E-state index is -4.56. The summed E-state index contributed by atoms with van der Waals surface area (Å²) < 4.78 is 53.2. The highest BCUT2D eigenvalue weighted by molar-refractivity contribution is 6.76. The molecule has 2 aromatic heterocycles. The van der Waals surface area contributed by atoms with Gasteiger partial charge >= 0.3 is 12.1 Å². The molecule has 1 fully saturated rings. The smallest absolute Gasteiger partial charge is 0.434 e. The molecule has 0 atom stereocenters. The van der Waals surface area contributed by atoms with E-state index >= 15 is 0 Å². The van der Waals surface area contributed by atoms with Crippen LogP contribution in [-0.4, -0.2) is 60.0 Å². The number of pyridine rings is 1. The molecule has 1 aliphatic rings. The molecule has 0 bridgehead atoms. The van der Waals surface area contributed by atoms with Crippen LogP contribution in [0.5, 0.6) is 5.75 Å². The number of imidazole rings is 1.